The molecule has 1 fully saturated rings. The summed E-state index contributed by atoms with van der Waals surface area (Å²) in [7, 11) is 3.45. The fourth-order valence-electron chi connectivity index (χ4n) is 2.85. The highest BCUT2D eigenvalue weighted by Gasteiger charge is 2.26. The van der Waals surface area contributed by atoms with Crippen molar-refractivity contribution in [2.24, 2.45) is 0 Å². The molecule has 1 aliphatic rings. The van der Waals surface area contributed by atoms with Crippen LogP contribution in [0.3, 0.4) is 0 Å². The van der Waals surface area contributed by atoms with Gasteiger partial charge in [0, 0.05) is 32.2 Å². The fraction of sp³-hybridized carbons (Fsp3) is 0.600. The van der Waals surface area contributed by atoms with Crippen LogP contribution in [0.2, 0.25) is 0 Å². The standard InChI is InChI=1S/C15H24N2O2/c1-4-12(17-10-8-16-9-11-17)15-13(18-2)6-5-7-14(15)19-3/h5-7,12,16H,4,8-11H2,1-3H3/t12-/m0/s1. The maximum absolute atomic E-state index is 5.54. The smallest absolute Gasteiger partial charge is 0.127 e. The number of hydrogen-bond acceptors (Lipinski definition) is 4. The first-order valence-electron chi connectivity index (χ1n) is 6.97. The second-order valence-electron chi connectivity index (χ2n) is 4.79. The van der Waals surface area contributed by atoms with E-state index in [1.165, 1.54) is 5.56 Å². The van der Waals surface area contributed by atoms with E-state index in [4.69, 9.17) is 9.47 Å². The molecule has 1 aromatic carbocycles. The largest absolute Gasteiger partial charge is 0.496 e. The van der Waals surface area contributed by atoms with Crippen molar-refractivity contribution in [3.8, 4) is 11.5 Å². The van der Waals surface area contributed by atoms with Crippen LogP contribution >= 0.6 is 0 Å². The van der Waals surface area contributed by atoms with E-state index in [-0.39, 0.29) is 0 Å². The number of rotatable bonds is 5. The van der Waals surface area contributed by atoms with Gasteiger partial charge in [-0.3, -0.25) is 4.90 Å². The van der Waals surface area contributed by atoms with Crippen LogP contribution in [0, 0.1) is 0 Å². The monoisotopic (exact) mass is 264 g/mol. The molecule has 1 atom stereocenters. The summed E-state index contributed by atoms with van der Waals surface area (Å²) in [6, 6.07) is 6.37. The molecule has 1 aliphatic heterocycles. The van der Waals surface area contributed by atoms with Gasteiger partial charge in [-0.2, -0.15) is 0 Å². The van der Waals surface area contributed by atoms with E-state index in [2.05, 4.69) is 17.1 Å². The summed E-state index contributed by atoms with van der Waals surface area (Å²) in [6.07, 6.45) is 1.05. The van der Waals surface area contributed by atoms with E-state index in [0.29, 0.717) is 6.04 Å². The number of nitrogens with zero attached hydrogens (tertiary/aromatic N) is 1. The second-order valence-corrected chi connectivity index (χ2v) is 4.79. The molecule has 2 rings (SSSR count). The van der Waals surface area contributed by atoms with Crippen LogP contribution < -0.4 is 14.8 Å². The van der Waals surface area contributed by atoms with E-state index in [0.717, 1.165) is 44.1 Å². The minimum Gasteiger partial charge on any atom is -0.496 e. The average Bonchev–Trinajstić information content (AvgIpc) is 2.49. The third kappa shape index (κ3) is 3.01. The molecule has 0 amide bonds. The Morgan fingerprint density at radius 2 is 1.74 bits per heavy atom. The number of ether oxygens (including phenoxy) is 2. The normalized spacial score (nSPS) is 18.1. The minimum absolute atomic E-state index is 0.355. The molecular formula is C15H24N2O2. The lowest BCUT2D eigenvalue weighted by atomic mass is 9.99. The van der Waals surface area contributed by atoms with Crippen molar-refractivity contribution in [3.05, 3.63) is 23.8 Å². The maximum atomic E-state index is 5.54. The lowest BCUT2D eigenvalue weighted by Crippen LogP contribution is -2.45. The van der Waals surface area contributed by atoms with Crippen LogP contribution in [-0.2, 0) is 0 Å². The number of methoxy groups -OCH3 is 2. The zero-order valence-electron chi connectivity index (χ0n) is 12.1. The zero-order chi connectivity index (χ0) is 13.7. The Morgan fingerprint density at radius 3 is 2.21 bits per heavy atom. The molecule has 0 saturated carbocycles. The van der Waals surface area contributed by atoms with Gasteiger partial charge in [0.1, 0.15) is 11.5 Å². The molecule has 0 radical (unpaired) electrons. The lowest BCUT2D eigenvalue weighted by Gasteiger charge is -2.35. The van der Waals surface area contributed by atoms with Gasteiger partial charge in [0.15, 0.2) is 0 Å². The van der Waals surface area contributed by atoms with Crippen LogP contribution in [-0.4, -0.2) is 45.3 Å². The van der Waals surface area contributed by atoms with Crippen LogP contribution in [0.25, 0.3) is 0 Å². The van der Waals surface area contributed by atoms with E-state index in [1.54, 1.807) is 14.2 Å². The van der Waals surface area contributed by atoms with Gasteiger partial charge in [-0.1, -0.05) is 13.0 Å². The molecule has 0 aliphatic carbocycles. The highest BCUT2D eigenvalue weighted by molar-refractivity contribution is 5.47. The number of piperazine rings is 1. The Bertz CT molecular complexity index is 381. The Labute approximate surface area is 115 Å². The van der Waals surface area contributed by atoms with E-state index < -0.39 is 0 Å². The van der Waals surface area contributed by atoms with Gasteiger partial charge >= 0.3 is 0 Å². The average molecular weight is 264 g/mol. The molecule has 1 heterocycles. The predicted molar refractivity (Wildman–Crippen MR) is 77.0 cm³/mol. The number of nitrogens with one attached hydrogen (secondary N) is 1. The summed E-state index contributed by atoms with van der Waals surface area (Å²) < 4.78 is 11.1. The molecule has 1 N–H and O–H groups in total. The summed E-state index contributed by atoms with van der Waals surface area (Å²) >= 11 is 0. The predicted octanol–water partition coefficient (Wildman–Crippen LogP) is 2.06. The number of hydrogen-bond donors (Lipinski definition) is 1. The summed E-state index contributed by atoms with van der Waals surface area (Å²) in [4.78, 5) is 2.51. The quantitative estimate of drug-likeness (QED) is 0.882. The fourth-order valence-corrected chi connectivity index (χ4v) is 2.85. The van der Waals surface area contributed by atoms with Crippen LogP contribution in [0.1, 0.15) is 24.9 Å². The molecule has 0 bridgehead atoms. The maximum Gasteiger partial charge on any atom is 0.127 e. The summed E-state index contributed by atoms with van der Waals surface area (Å²) in [5.74, 6) is 1.84. The Kier molecular flexibility index (Phi) is 5.05. The highest BCUT2D eigenvalue weighted by Crippen LogP contribution is 2.38. The van der Waals surface area contributed by atoms with E-state index in [9.17, 15) is 0 Å². The van der Waals surface area contributed by atoms with E-state index in [1.807, 2.05) is 18.2 Å². The molecule has 19 heavy (non-hydrogen) atoms. The minimum atomic E-state index is 0.355. The van der Waals surface area contributed by atoms with Crippen LogP contribution in [0.4, 0.5) is 0 Å². The molecule has 4 heteroatoms. The van der Waals surface area contributed by atoms with Crippen molar-refractivity contribution < 1.29 is 9.47 Å². The van der Waals surface area contributed by atoms with Gasteiger partial charge in [-0.05, 0) is 18.6 Å². The van der Waals surface area contributed by atoms with Crippen molar-refractivity contribution in [2.45, 2.75) is 19.4 Å². The Balaban J connectivity index is 2.35. The van der Waals surface area contributed by atoms with Gasteiger partial charge in [-0.25, -0.2) is 0 Å². The third-order valence-electron chi connectivity index (χ3n) is 3.78. The Morgan fingerprint density at radius 1 is 1.16 bits per heavy atom. The molecule has 1 saturated heterocycles. The first-order valence-corrected chi connectivity index (χ1v) is 6.97. The van der Waals surface area contributed by atoms with Crippen molar-refractivity contribution in [2.75, 3.05) is 40.4 Å². The zero-order valence-corrected chi connectivity index (χ0v) is 12.1. The molecule has 0 spiro atoms. The molecule has 106 valence electrons. The molecular weight excluding hydrogens is 240 g/mol. The molecule has 1 aromatic rings. The highest BCUT2D eigenvalue weighted by atomic mass is 16.5. The molecule has 0 unspecified atom stereocenters. The van der Waals surface area contributed by atoms with Crippen molar-refractivity contribution >= 4 is 0 Å². The third-order valence-corrected chi connectivity index (χ3v) is 3.78. The SMILES string of the molecule is CC[C@@H](c1c(OC)cccc1OC)N1CCNCC1. The van der Waals surface area contributed by atoms with Crippen LogP contribution in [0.5, 0.6) is 11.5 Å². The topological polar surface area (TPSA) is 33.7 Å². The number of benzene rings is 1. The summed E-state index contributed by atoms with van der Waals surface area (Å²) in [6.45, 7) is 6.46. The van der Waals surface area contributed by atoms with Gasteiger partial charge in [-0.15, -0.1) is 0 Å². The van der Waals surface area contributed by atoms with Crippen molar-refractivity contribution in [1.29, 1.82) is 0 Å². The summed E-state index contributed by atoms with van der Waals surface area (Å²) in [5.41, 5.74) is 1.18. The van der Waals surface area contributed by atoms with E-state index >= 15 is 0 Å². The first-order chi connectivity index (χ1) is 9.31. The molecule has 0 aromatic heterocycles. The summed E-state index contributed by atoms with van der Waals surface area (Å²) in [5, 5.41) is 3.40. The van der Waals surface area contributed by atoms with Crippen molar-refractivity contribution in [3.63, 3.8) is 0 Å². The van der Waals surface area contributed by atoms with Gasteiger partial charge in [0.25, 0.3) is 0 Å². The second kappa shape index (κ2) is 6.78. The lowest BCUT2D eigenvalue weighted by molar-refractivity contribution is 0.163. The van der Waals surface area contributed by atoms with Crippen molar-refractivity contribution in [1.82, 2.24) is 10.2 Å². The van der Waals surface area contributed by atoms with Gasteiger partial charge < -0.3 is 14.8 Å². The molecule has 4 nitrogen and oxygen atoms in total. The van der Waals surface area contributed by atoms with Gasteiger partial charge in [0.05, 0.1) is 19.8 Å². The van der Waals surface area contributed by atoms with Gasteiger partial charge in [0.2, 0.25) is 0 Å². The first kappa shape index (κ1) is 14.2. The van der Waals surface area contributed by atoms with Crippen LogP contribution in [0.15, 0.2) is 18.2 Å². The Hall–Kier alpha value is -1.26.